The average molecular weight is 399 g/mol. The second-order valence-electron chi connectivity index (χ2n) is 7.87. The Balaban J connectivity index is 1.45. The Morgan fingerprint density at radius 2 is 1.79 bits per heavy atom. The monoisotopic (exact) mass is 398 g/mol. The van der Waals surface area contributed by atoms with Gasteiger partial charge >= 0.3 is 0 Å². The first-order valence-corrected chi connectivity index (χ1v) is 10.4. The summed E-state index contributed by atoms with van der Waals surface area (Å²) >= 11 is 0. The molecule has 5 heteroatoms. The lowest BCUT2D eigenvalue weighted by molar-refractivity contribution is -0.141. The summed E-state index contributed by atoms with van der Waals surface area (Å²) in [5, 5.41) is 0. The van der Waals surface area contributed by atoms with Crippen LogP contribution in [0.4, 0.5) is 4.39 Å². The van der Waals surface area contributed by atoms with Gasteiger partial charge in [0.2, 0.25) is 0 Å². The molecular weight excluding hydrogens is 367 g/mol. The van der Waals surface area contributed by atoms with Gasteiger partial charge in [0.05, 0.1) is 0 Å². The number of benzene rings is 2. The van der Waals surface area contributed by atoms with E-state index < -0.39 is 6.10 Å². The van der Waals surface area contributed by atoms with Crippen molar-refractivity contribution >= 4 is 5.91 Å². The fourth-order valence-corrected chi connectivity index (χ4v) is 4.06. The van der Waals surface area contributed by atoms with Gasteiger partial charge in [-0.05, 0) is 55.5 Å². The third kappa shape index (κ3) is 5.87. The number of likely N-dealkylation sites (N-methyl/N-ethyl adjacent to an activating group) is 1. The number of rotatable bonds is 8. The van der Waals surface area contributed by atoms with Crippen LogP contribution in [0.25, 0.3) is 0 Å². The molecule has 0 spiro atoms. The second-order valence-corrected chi connectivity index (χ2v) is 7.87. The Kier molecular flexibility index (Phi) is 7.78. The highest BCUT2D eigenvalue weighted by molar-refractivity contribution is 5.82. The van der Waals surface area contributed by atoms with Crippen LogP contribution in [0.1, 0.15) is 30.1 Å². The fraction of sp³-hybridized carbons (Fsp3) is 0.458. The van der Waals surface area contributed by atoms with Crippen molar-refractivity contribution in [1.29, 1.82) is 0 Å². The minimum atomic E-state index is -0.554. The zero-order chi connectivity index (χ0) is 20.6. The summed E-state index contributed by atoms with van der Waals surface area (Å²) in [6.07, 6.45) is 2.29. The number of amides is 1. The minimum absolute atomic E-state index is 0.000632. The van der Waals surface area contributed by atoms with Crippen molar-refractivity contribution in [2.75, 3.05) is 40.3 Å². The molecule has 1 heterocycles. The summed E-state index contributed by atoms with van der Waals surface area (Å²) < 4.78 is 19.3. The van der Waals surface area contributed by atoms with Gasteiger partial charge < -0.3 is 14.5 Å². The summed E-state index contributed by atoms with van der Waals surface area (Å²) in [4.78, 5) is 17.1. The van der Waals surface area contributed by atoms with E-state index in [0.717, 1.165) is 56.6 Å². The van der Waals surface area contributed by atoms with Gasteiger partial charge in [-0.25, -0.2) is 4.39 Å². The molecule has 3 rings (SSSR count). The van der Waals surface area contributed by atoms with Crippen molar-refractivity contribution in [1.82, 2.24) is 9.80 Å². The van der Waals surface area contributed by atoms with Gasteiger partial charge in [0.1, 0.15) is 5.82 Å². The first-order valence-electron chi connectivity index (χ1n) is 10.4. The molecule has 2 aromatic carbocycles. The van der Waals surface area contributed by atoms with Crippen LogP contribution in [-0.2, 0) is 16.0 Å². The number of nitrogens with zero attached hydrogens (tertiary/aromatic N) is 2. The Hall–Kier alpha value is -2.24. The van der Waals surface area contributed by atoms with Crippen LogP contribution < -0.4 is 0 Å². The van der Waals surface area contributed by atoms with E-state index in [4.69, 9.17) is 4.74 Å². The lowest BCUT2D eigenvalue weighted by atomic mass is 9.95. The zero-order valence-electron chi connectivity index (χ0n) is 17.4. The third-order valence-corrected chi connectivity index (χ3v) is 5.83. The molecule has 0 saturated carbocycles. The minimum Gasteiger partial charge on any atom is -0.367 e. The SMILES string of the molecule is CO[C@@H](C(=O)N(C)CC1CCN(CCc2ccccc2F)CC1)c1ccccc1. The molecule has 1 fully saturated rings. The molecule has 0 unspecified atom stereocenters. The number of methoxy groups -OCH3 is 1. The van der Waals surface area contributed by atoms with Crippen LogP contribution in [0.15, 0.2) is 54.6 Å². The molecule has 1 atom stereocenters. The van der Waals surface area contributed by atoms with Gasteiger partial charge in [-0.1, -0.05) is 48.5 Å². The van der Waals surface area contributed by atoms with Crippen molar-refractivity contribution < 1.29 is 13.9 Å². The Morgan fingerprint density at radius 3 is 2.45 bits per heavy atom. The highest BCUT2D eigenvalue weighted by atomic mass is 19.1. The zero-order valence-corrected chi connectivity index (χ0v) is 17.4. The number of halogens is 1. The summed E-state index contributed by atoms with van der Waals surface area (Å²) in [5.74, 6) is 0.372. The smallest absolute Gasteiger partial charge is 0.256 e. The van der Waals surface area contributed by atoms with Gasteiger partial charge in [0.15, 0.2) is 6.10 Å². The lowest BCUT2D eigenvalue weighted by Gasteiger charge is -2.34. The number of likely N-dealkylation sites (tertiary alicyclic amines) is 1. The maximum Gasteiger partial charge on any atom is 0.256 e. The number of hydrogen-bond acceptors (Lipinski definition) is 3. The predicted molar refractivity (Wildman–Crippen MR) is 113 cm³/mol. The van der Waals surface area contributed by atoms with Crippen molar-refractivity contribution in [2.45, 2.75) is 25.4 Å². The van der Waals surface area contributed by atoms with E-state index in [9.17, 15) is 9.18 Å². The normalized spacial score (nSPS) is 16.5. The molecule has 1 aliphatic heterocycles. The van der Waals surface area contributed by atoms with Crippen molar-refractivity contribution in [3.8, 4) is 0 Å². The molecule has 0 bridgehead atoms. The summed E-state index contributed by atoms with van der Waals surface area (Å²) in [7, 11) is 3.44. The van der Waals surface area contributed by atoms with Gasteiger partial charge in [-0.3, -0.25) is 4.79 Å². The van der Waals surface area contributed by atoms with Crippen molar-refractivity contribution in [3.05, 3.63) is 71.5 Å². The highest BCUT2D eigenvalue weighted by Crippen LogP contribution is 2.22. The maximum atomic E-state index is 13.8. The van der Waals surface area contributed by atoms with Crippen LogP contribution in [0, 0.1) is 11.7 Å². The van der Waals surface area contributed by atoms with Crippen LogP contribution in [-0.4, -0.2) is 56.0 Å². The molecule has 0 aliphatic carbocycles. The van der Waals surface area contributed by atoms with E-state index in [1.807, 2.05) is 49.5 Å². The highest BCUT2D eigenvalue weighted by Gasteiger charge is 2.27. The molecule has 1 saturated heterocycles. The largest absolute Gasteiger partial charge is 0.367 e. The quantitative estimate of drug-likeness (QED) is 0.676. The molecule has 2 aromatic rings. The maximum absolute atomic E-state index is 13.8. The molecule has 0 aromatic heterocycles. The van der Waals surface area contributed by atoms with Crippen LogP contribution in [0.2, 0.25) is 0 Å². The number of piperidine rings is 1. The van der Waals surface area contributed by atoms with Crippen molar-refractivity contribution in [3.63, 3.8) is 0 Å². The van der Waals surface area contributed by atoms with Crippen LogP contribution in [0.5, 0.6) is 0 Å². The topological polar surface area (TPSA) is 32.8 Å². The molecule has 1 aliphatic rings. The van der Waals surface area contributed by atoms with Gasteiger partial charge in [0.25, 0.3) is 5.91 Å². The Labute approximate surface area is 173 Å². The average Bonchev–Trinajstić information content (AvgIpc) is 2.75. The molecular formula is C24H31FN2O2. The van der Waals surface area contributed by atoms with Crippen molar-refractivity contribution in [2.24, 2.45) is 5.92 Å². The molecule has 1 amide bonds. The molecule has 156 valence electrons. The molecule has 0 N–H and O–H groups in total. The molecule has 29 heavy (non-hydrogen) atoms. The van der Waals surface area contributed by atoms with E-state index >= 15 is 0 Å². The van der Waals surface area contributed by atoms with Crippen LogP contribution in [0.3, 0.4) is 0 Å². The number of ether oxygens (including phenoxy) is 1. The standard InChI is InChI=1S/C24H31FN2O2/c1-26(24(28)23(29-2)21-9-4-3-5-10-21)18-19-12-15-27(16-13-19)17-14-20-8-6-7-11-22(20)25/h3-11,19,23H,12-18H2,1-2H3/t23-/m1/s1. The van der Waals surface area contributed by atoms with Gasteiger partial charge in [0, 0.05) is 27.2 Å². The third-order valence-electron chi connectivity index (χ3n) is 5.83. The summed E-state index contributed by atoms with van der Waals surface area (Å²) in [6, 6.07) is 16.6. The summed E-state index contributed by atoms with van der Waals surface area (Å²) in [6.45, 7) is 3.61. The van der Waals surface area contributed by atoms with E-state index in [1.54, 1.807) is 18.1 Å². The first-order chi connectivity index (χ1) is 14.1. The Bertz CT molecular complexity index is 775. The van der Waals surface area contributed by atoms with Gasteiger partial charge in [-0.2, -0.15) is 0 Å². The lowest BCUT2D eigenvalue weighted by Crippen LogP contribution is -2.41. The fourth-order valence-electron chi connectivity index (χ4n) is 4.06. The number of carbonyl (C=O) groups is 1. The van der Waals surface area contributed by atoms with Crippen LogP contribution >= 0.6 is 0 Å². The second kappa shape index (κ2) is 10.5. The van der Waals surface area contributed by atoms with E-state index in [1.165, 1.54) is 6.07 Å². The number of hydrogen-bond donors (Lipinski definition) is 0. The van der Waals surface area contributed by atoms with E-state index in [0.29, 0.717) is 5.92 Å². The molecule has 4 nitrogen and oxygen atoms in total. The number of carbonyl (C=O) groups excluding carboxylic acids is 1. The van der Waals surface area contributed by atoms with E-state index in [-0.39, 0.29) is 11.7 Å². The first kappa shape index (κ1) is 21.5. The summed E-state index contributed by atoms with van der Waals surface area (Å²) in [5.41, 5.74) is 1.67. The Morgan fingerprint density at radius 1 is 1.14 bits per heavy atom. The van der Waals surface area contributed by atoms with Gasteiger partial charge in [-0.15, -0.1) is 0 Å². The predicted octanol–water partition coefficient (Wildman–Crippen LogP) is 3.93. The van der Waals surface area contributed by atoms with E-state index in [2.05, 4.69) is 4.90 Å². The molecule has 0 radical (unpaired) electrons.